The zero-order chi connectivity index (χ0) is 21.4. The molecule has 1 fully saturated rings. The van der Waals surface area contributed by atoms with Crippen LogP contribution in [-0.2, 0) is 0 Å². The SMILES string of the molecule is Cc1ccc(C(=O)C2CCN(c3ccc4nnc(-c5ccccc5F)n4n3)CC2)cc1. The number of piperidine rings is 1. The van der Waals surface area contributed by atoms with Gasteiger partial charge in [-0.1, -0.05) is 42.0 Å². The van der Waals surface area contributed by atoms with Crippen LogP contribution in [0.1, 0.15) is 28.8 Å². The van der Waals surface area contributed by atoms with Gasteiger partial charge in [0.05, 0.1) is 5.56 Å². The van der Waals surface area contributed by atoms with Gasteiger partial charge >= 0.3 is 0 Å². The predicted octanol–water partition coefficient (Wildman–Crippen LogP) is 4.34. The summed E-state index contributed by atoms with van der Waals surface area (Å²) in [5.41, 5.74) is 2.85. The highest BCUT2D eigenvalue weighted by Crippen LogP contribution is 2.26. The van der Waals surface area contributed by atoms with E-state index in [-0.39, 0.29) is 17.5 Å². The van der Waals surface area contributed by atoms with E-state index in [1.807, 2.05) is 43.3 Å². The molecule has 0 bridgehead atoms. The molecule has 0 atom stereocenters. The Morgan fingerprint density at radius 1 is 0.968 bits per heavy atom. The number of fused-ring (bicyclic) bond motifs is 1. The molecule has 0 unspecified atom stereocenters. The fourth-order valence-electron chi connectivity index (χ4n) is 4.08. The number of aryl methyl sites for hydroxylation is 1. The number of benzene rings is 2. The largest absolute Gasteiger partial charge is 0.355 e. The number of carbonyl (C=O) groups excluding carboxylic acids is 1. The summed E-state index contributed by atoms with van der Waals surface area (Å²) in [6, 6.07) is 18.0. The third kappa shape index (κ3) is 3.67. The van der Waals surface area contributed by atoms with Crippen LogP contribution in [0, 0.1) is 18.7 Å². The predicted molar refractivity (Wildman–Crippen MR) is 117 cm³/mol. The Morgan fingerprint density at radius 2 is 1.71 bits per heavy atom. The molecule has 1 aliphatic rings. The molecule has 5 rings (SSSR count). The number of ketones is 1. The van der Waals surface area contributed by atoms with Crippen LogP contribution >= 0.6 is 0 Å². The fraction of sp³-hybridized carbons (Fsp3) is 0.250. The maximum Gasteiger partial charge on any atom is 0.188 e. The van der Waals surface area contributed by atoms with Crippen molar-refractivity contribution in [1.82, 2.24) is 19.8 Å². The van der Waals surface area contributed by atoms with Crippen LogP contribution in [0.4, 0.5) is 10.2 Å². The van der Waals surface area contributed by atoms with Crippen molar-refractivity contribution in [3.63, 3.8) is 0 Å². The van der Waals surface area contributed by atoms with Crippen molar-refractivity contribution in [2.24, 2.45) is 5.92 Å². The molecule has 31 heavy (non-hydrogen) atoms. The summed E-state index contributed by atoms with van der Waals surface area (Å²) in [6.45, 7) is 3.49. The smallest absolute Gasteiger partial charge is 0.188 e. The summed E-state index contributed by atoms with van der Waals surface area (Å²) in [6.07, 6.45) is 1.55. The lowest BCUT2D eigenvalue weighted by atomic mass is 9.88. The van der Waals surface area contributed by atoms with Crippen LogP contribution in [-0.4, -0.2) is 38.7 Å². The Balaban J connectivity index is 1.35. The number of nitrogens with zero attached hydrogens (tertiary/aromatic N) is 5. The molecular formula is C24H22FN5O. The summed E-state index contributed by atoms with van der Waals surface area (Å²) in [5, 5.41) is 12.9. The van der Waals surface area contributed by atoms with Crippen LogP contribution in [0.25, 0.3) is 17.0 Å². The van der Waals surface area contributed by atoms with Gasteiger partial charge in [0.15, 0.2) is 17.3 Å². The van der Waals surface area contributed by atoms with E-state index < -0.39 is 0 Å². The first-order valence-electron chi connectivity index (χ1n) is 10.4. The number of hydrogen-bond donors (Lipinski definition) is 0. The van der Waals surface area contributed by atoms with Gasteiger partial charge in [0.2, 0.25) is 0 Å². The zero-order valence-corrected chi connectivity index (χ0v) is 17.2. The molecule has 0 radical (unpaired) electrons. The van der Waals surface area contributed by atoms with Crippen molar-refractivity contribution in [1.29, 1.82) is 0 Å². The van der Waals surface area contributed by atoms with Gasteiger partial charge in [-0.2, -0.15) is 4.52 Å². The lowest BCUT2D eigenvalue weighted by Gasteiger charge is -2.32. The molecule has 6 nitrogen and oxygen atoms in total. The van der Waals surface area contributed by atoms with E-state index in [0.29, 0.717) is 17.0 Å². The zero-order valence-electron chi connectivity index (χ0n) is 17.2. The van der Waals surface area contributed by atoms with E-state index in [9.17, 15) is 9.18 Å². The molecule has 0 saturated carbocycles. The highest BCUT2D eigenvalue weighted by atomic mass is 19.1. The summed E-state index contributed by atoms with van der Waals surface area (Å²) in [7, 11) is 0. The Kier molecular flexibility index (Phi) is 4.94. The molecule has 0 amide bonds. The molecule has 156 valence electrons. The number of carbonyl (C=O) groups is 1. The summed E-state index contributed by atoms with van der Waals surface area (Å²) in [4.78, 5) is 15.0. The number of hydrogen-bond acceptors (Lipinski definition) is 5. The second-order valence-electron chi connectivity index (χ2n) is 7.96. The number of Topliss-reactive ketones (excluding diaryl/α,β-unsaturated/α-hetero) is 1. The summed E-state index contributed by atoms with van der Waals surface area (Å²) < 4.78 is 15.8. The monoisotopic (exact) mass is 415 g/mol. The van der Waals surface area contributed by atoms with E-state index >= 15 is 0 Å². The molecule has 3 heterocycles. The van der Waals surface area contributed by atoms with Crippen LogP contribution in [0.3, 0.4) is 0 Å². The minimum atomic E-state index is -0.362. The van der Waals surface area contributed by atoms with E-state index in [1.165, 1.54) is 6.07 Å². The topological polar surface area (TPSA) is 63.4 Å². The van der Waals surface area contributed by atoms with Crippen molar-refractivity contribution in [2.75, 3.05) is 18.0 Å². The first-order chi connectivity index (χ1) is 15.1. The number of halogens is 1. The van der Waals surface area contributed by atoms with Crippen molar-refractivity contribution in [3.05, 3.63) is 77.6 Å². The standard InChI is InChI=1S/C24H22FN5O/c1-16-6-8-17(9-7-16)23(31)18-12-14-29(15-13-18)22-11-10-21-26-27-24(30(21)28-22)19-4-2-3-5-20(19)25/h2-11,18H,12-15H2,1H3. The normalized spacial score (nSPS) is 14.8. The molecule has 1 saturated heterocycles. The molecule has 4 aromatic rings. The van der Waals surface area contributed by atoms with Gasteiger partial charge in [-0.05, 0) is 44.0 Å². The molecule has 0 N–H and O–H groups in total. The van der Waals surface area contributed by atoms with Gasteiger partial charge in [-0.15, -0.1) is 15.3 Å². The van der Waals surface area contributed by atoms with E-state index in [2.05, 4.69) is 20.2 Å². The second kappa shape index (κ2) is 7.91. The van der Waals surface area contributed by atoms with Crippen LogP contribution in [0.15, 0.2) is 60.7 Å². The quantitative estimate of drug-likeness (QED) is 0.464. The fourth-order valence-corrected chi connectivity index (χ4v) is 4.08. The van der Waals surface area contributed by atoms with E-state index in [1.54, 1.807) is 22.7 Å². The van der Waals surface area contributed by atoms with Crippen molar-refractivity contribution in [3.8, 4) is 11.4 Å². The Bertz CT molecular complexity index is 1240. The maximum atomic E-state index is 14.3. The molecule has 0 aliphatic carbocycles. The first-order valence-corrected chi connectivity index (χ1v) is 10.4. The molecule has 2 aromatic heterocycles. The maximum absolute atomic E-state index is 14.3. The minimum absolute atomic E-state index is 0.0200. The number of anilines is 1. The van der Waals surface area contributed by atoms with Crippen molar-refractivity contribution in [2.45, 2.75) is 19.8 Å². The van der Waals surface area contributed by atoms with Crippen LogP contribution in [0.5, 0.6) is 0 Å². The second-order valence-corrected chi connectivity index (χ2v) is 7.96. The molecule has 2 aromatic carbocycles. The lowest BCUT2D eigenvalue weighted by Crippen LogP contribution is -2.37. The van der Waals surface area contributed by atoms with E-state index in [4.69, 9.17) is 0 Å². The van der Waals surface area contributed by atoms with Crippen molar-refractivity contribution >= 4 is 17.2 Å². The molecule has 7 heteroatoms. The highest BCUT2D eigenvalue weighted by Gasteiger charge is 2.27. The molecule has 0 spiro atoms. The highest BCUT2D eigenvalue weighted by molar-refractivity contribution is 5.98. The lowest BCUT2D eigenvalue weighted by molar-refractivity contribution is 0.0900. The van der Waals surface area contributed by atoms with E-state index in [0.717, 1.165) is 42.9 Å². The van der Waals surface area contributed by atoms with Gasteiger partial charge in [0.25, 0.3) is 0 Å². The summed E-state index contributed by atoms with van der Waals surface area (Å²) >= 11 is 0. The Hall–Kier alpha value is -3.61. The third-order valence-electron chi connectivity index (χ3n) is 5.89. The van der Waals surface area contributed by atoms with Gasteiger partial charge in [-0.3, -0.25) is 4.79 Å². The van der Waals surface area contributed by atoms with Crippen LogP contribution in [0.2, 0.25) is 0 Å². The third-order valence-corrected chi connectivity index (χ3v) is 5.89. The van der Waals surface area contributed by atoms with Crippen molar-refractivity contribution < 1.29 is 9.18 Å². The summed E-state index contributed by atoms with van der Waals surface area (Å²) in [5.74, 6) is 1.01. The number of rotatable bonds is 4. The number of aromatic nitrogens is 4. The van der Waals surface area contributed by atoms with Gasteiger partial charge in [0.1, 0.15) is 11.6 Å². The Morgan fingerprint density at radius 3 is 2.45 bits per heavy atom. The average Bonchev–Trinajstić information content (AvgIpc) is 3.23. The van der Waals surface area contributed by atoms with Gasteiger partial charge in [0, 0.05) is 24.6 Å². The average molecular weight is 415 g/mol. The van der Waals surface area contributed by atoms with Gasteiger partial charge < -0.3 is 4.90 Å². The Labute approximate surface area is 179 Å². The molecule has 1 aliphatic heterocycles. The minimum Gasteiger partial charge on any atom is -0.355 e. The van der Waals surface area contributed by atoms with Crippen LogP contribution < -0.4 is 4.90 Å². The molecular weight excluding hydrogens is 393 g/mol. The van der Waals surface area contributed by atoms with Gasteiger partial charge in [-0.25, -0.2) is 4.39 Å². The first kappa shape index (κ1) is 19.4.